The molecule has 2 rings (SSSR count). The Hall–Kier alpha value is -1.86. The number of rotatable bonds is 2. The quantitative estimate of drug-likeness (QED) is 0.730. The van der Waals surface area contributed by atoms with Crippen molar-refractivity contribution in [1.82, 2.24) is 10.3 Å². The molecule has 0 bridgehead atoms. The highest BCUT2D eigenvalue weighted by molar-refractivity contribution is 5.94. The predicted molar refractivity (Wildman–Crippen MR) is 63.2 cm³/mol. The summed E-state index contributed by atoms with van der Waals surface area (Å²) in [5.74, 6) is 5.71. The topological polar surface area (TPSA) is 62.2 Å². The molecular formula is C13H14N2O2. The SMILES string of the molecule is CC1CC1NC(=O)c1cncc(C#CCO)c1. The Balaban J connectivity index is 2.07. The van der Waals surface area contributed by atoms with E-state index < -0.39 is 0 Å². The zero-order valence-corrected chi connectivity index (χ0v) is 9.60. The van der Waals surface area contributed by atoms with Crippen LogP contribution < -0.4 is 5.32 Å². The molecule has 1 heterocycles. The molecule has 0 aromatic carbocycles. The van der Waals surface area contributed by atoms with Crippen LogP contribution in [0.2, 0.25) is 0 Å². The number of aromatic nitrogens is 1. The summed E-state index contributed by atoms with van der Waals surface area (Å²) in [6.45, 7) is 1.91. The molecule has 1 saturated carbocycles. The molecule has 2 N–H and O–H groups in total. The van der Waals surface area contributed by atoms with Gasteiger partial charge in [-0.25, -0.2) is 0 Å². The number of aliphatic hydroxyl groups excluding tert-OH is 1. The molecule has 0 spiro atoms. The average molecular weight is 230 g/mol. The number of hydrogen-bond donors (Lipinski definition) is 2. The number of carbonyl (C=O) groups is 1. The zero-order valence-electron chi connectivity index (χ0n) is 9.60. The highest BCUT2D eigenvalue weighted by atomic mass is 16.2. The van der Waals surface area contributed by atoms with Crippen LogP contribution in [0, 0.1) is 17.8 Å². The van der Waals surface area contributed by atoms with E-state index in [-0.39, 0.29) is 12.5 Å². The molecule has 4 nitrogen and oxygen atoms in total. The molecule has 88 valence electrons. The van der Waals surface area contributed by atoms with Crippen LogP contribution in [0.3, 0.4) is 0 Å². The summed E-state index contributed by atoms with van der Waals surface area (Å²) in [6.07, 6.45) is 4.13. The normalized spacial score (nSPS) is 21.3. The maximum Gasteiger partial charge on any atom is 0.253 e. The Kier molecular flexibility index (Phi) is 3.40. The number of nitrogens with one attached hydrogen (secondary N) is 1. The fraction of sp³-hybridized carbons (Fsp3) is 0.385. The van der Waals surface area contributed by atoms with E-state index in [0.717, 1.165) is 6.42 Å². The summed E-state index contributed by atoms with van der Waals surface area (Å²) >= 11 is 0. The summed E-state index contributed by atoms with van der Waals surface area (Å²) in [7, 11) is 0. The molecule has 1 aliphatic carbocycles. The monoisotopic (exact) mass is 230 g/mol. The number of aliphatic hydroxyl groups is 1. The first-order chi connectivity index (χ1) is 8.20. The average Bonchev–Trinajstić information content (AvgIpc) is 3.02. The van der Waals surface area contributed by atoms with Gasteiger partial charge in [0.2, 0.25) is 0 Å². The highest BCUT2D eigenvalue weighted by Crippen LogP contribution is 2.29. The largest absolute Gasteiger partial charge is 0.384 e. The maximum absolute atomic E-state index is 11.8. The van der Waals surface area contributed by atoms with Gasteiger partial charge >= 0.3 is 0 Å². The number of hydrogen-bond acceptors (Lipinski definition) is 3. The van der Waals surface area contributed by atoms with Crippen molar-refractivity contribution in [3.05, 3.63) is 29.6 Å². The smallest absolute Gasteiger partial charge is 0.253 e. The molecule has 1 aromatic rings. The van der Waals surface area contributed by atoms with Crippen LogP contribution in [-0.4, -0.2) is 28.6 Å². The molecule has 2 unspecified atom stereocenters. The third-order valence-electron chi connectivity index (χ3n) is 2.74. The number of carbonyl (C=O) groups excluding carboxylic acids is 1. The van der Waals surface area contributed by atoms with Gasteiger partial charge in [-0.3, -0.25) is 9.78 Å². The molecule has 1 aliphatic rings. The van der Waals surface area contributed by atoms with E-state index in [0.29, 0.717) is 23.1 Å². The molecule has 4 heteroatoms. The van der Waals surface area contributed by atoms with E-state index in [4.69, 9.17) is 5.11 Å². The first-order valence-electron chi connectivity index (χ1n) is 5.56. The van der Waals surface area contributed by atoms with Crippen molar-refractivity contribution in [2.24, 2.45) is 5.92 Å². The molecule has 1 amide bonds. The second-order valence-corrected chi connectivity index (χ2v) is 4.22. The van der Waals surface area contributed by atoms with Crippen molar-refractivity contribution in [3.63, 3.8) is 0 Å². The van der Waals surface area contributed by atoms with Gasteiger partial charge < -0.3 is 10.4 Å². The molecule has 17 heavy (non-hydrogen) atoms. The third-order valence-corrected chi connectivity index (χ3v) is 2.74. The zero-order chi connectivity index (χ0) is 12.3. The highest BCUT2D eigenvalue weighted by Gasteiger charge is 2.33. The van der Waals surface area contributed by atoms with Crippen molar-refractivity contribution < 1.29 is 9.90 Å². The first kappa shape index (κ1) is 11.6. The molecule has 2 atom stereocenters. The number of nitrogens with zero attached hydrogens (tertiary/aromatic N) is 1. The Labute approximate surface area is 100 Å². The first-order valence-corrected chi connectivity index (χ1v) is 5.56. The minimum absolute atomic E-state index is 0.112. The van der Waals surface area contributed by atoms with Crippen LogP contribution >= 0.6 is 0 Å². The lowest BCUT2D eigenvalue weighted by Gasteiger charge is -2.03. The van der Waals surface area contributed by atoms with Gasteiger partial charge in [0.05, 0.1) is 5.56 Å². The van der Waals surface area contributed by atoms with Gasteiger partial charge in [-0.2, -0.15) is 0 Å². The van der Waals surface area contributed by atoms with Crippen LogP contribution in [-0.2, 0) is 0 Å². The second kappa shape index (κ2) is 4.98. The summed E-state index contributed by atoms with van der Waals surface area (Å²) in [5.41, 5.74) is 1.14. The van der Waals surface area contributed by atoms with E-state index in [1.54, 1.807) is 12.3 Å². The Morgan fingerprint density at radius 3 is 3.06 bits per heavy atom. The van der Waals surface area contributed by atoms with Gasteiger partial charge in [-0.15, -0.1) is 0 Å². The van der Waals surface area contributed by atoms with Crippen LogP contribution in [0.25, 0.3) is 0 Å². The minimum Gasteiger partial charge on any atom is -0.384 e. The fourth-order valence-electron chi connectivity index (χ4n) is 1.55. The van der Waals surface area contributed by atoms with Gasteiger partial charge in [-0.05, 0) is 18.4 Å². The minimum atomic E-state index is -0.198. The van der Waals surface area contributed by atoms with E-state index >= 15 is 0 Å². The standard InChI is InChI=1S/C13H14N2O2/c1-9-5-12(9)15-13(17)11-6-10(3-2-4-16)7-14-8-11/h6-9,12,16H,4-5H2,1H3,(H,15,17). The van der Waals surface area contributed by atoms with E-state index in [1.807, 2.05) is 0 Å². The van der Waals surface area contributed by atoms with Crippen LogP contribution in [0.1, 0.15) is 29.3 Å². The molecule has 0 radical (unpaired) electrons. The lowest BCUT2D eigenvalue weighted by molar-refractivity contribution is 0.0949. The van der Waals surface area contributed by atoms with Gasteiger partial charge in [-0.1, -0.05) is 18.8 Å². The van der Waals surface area contributed by atoms with Gasteiger partial charge in [0.1, 0.15) is 6.61 Å². The van der Waals surface area contributed by atoms with Crippen LogP contribution in [0.15, 0.2) is 18.5 Å². The van der Waals surface area contributed by atoms with Crippen molar-refractivity contribution in [2.45, 2.75) is 19.4 Å². The van der Waals surface area contributed by atoms with Gasteiger partial charge in [0.15, 0.2) is 0 Å². The summed E-state index contributed by atoms with van der Waals surface area (Å²) in [5, 5.41) is 11.5. The summed E-state index contributed by atoms with van der Waals surface area (Å²) < 4.78 is 0. The fourth-order valence-corrected chi connectivity index (χ4v) is 1.55. The molecular weight excluding hydrogens is 216 g/mol. The van der Waals surface area contributed by atoms with Crippen molar-refractivity contribution >= 4 is 5.91 Å². The second-order valence-electron chi connectivity index (χ2n) is 4.22. The molecule has 0 aliphatic heterocycles. The van der Waals surface area contributed by atoms with E-state index in [2.05, 4.69) is 29.1 Å². The van der Waals surface area contributed by atoms with Crippen molar-refractivity contribution in [1.29, 1.82) is 0 Å². The van der Waals surface area contributed by atoms with E-state index in [1.165, 1.54) is 6.20 Å². The Bertz CT molecular complexity index is 488. The van der Waals surface area contributed by atoms with Crippen molar-refractivity contribution in [2.75, 3.05) is 6.61 Å². The van der Waals surface area contributed by atoms with E-state index in [9.17, 15) is 4.79 Å². The summed E-state index contributed by atoms with van der Waals surface area (Å²) in [6, 6.07) is 1.98. The molecule has 0 saturated heterocycles. The lowest BCUT2D eigenvalue weighted by atomic mass is 10.2. The third kappa shape index (κ3) is 3.05. The Morgan fingerprint density at radius 1 is 1.65 bits per heavy atom. The lowest BCUT2D eigenvalue weighted by Crippen LogP contribution is -2.26. The number of amides is 1. The summed E-state index contributed by atoms with van der Waals surface area (Å²) in [4.78, 5) is 15.8. The number of pyridine rings is 1. The predicted octanol–water partition coefficient (Wildman–Crippen LogP) is 0.564. The van der Waals surface area contributed by atoms with Gasteiger partial charge in [0, 0.05) is 24.0 Å². The van der Waals surface area contributed by atoms with Crippen molar-refractivity contribution in [3.8, 4) is 11.8 Å². The molecule has 1 aromatic heterocycles. The van der Waals surface area contributed by atoms with Crippen LogP contribution in [0.5, 0.6) is 0 Å². The van der Waals surface area contributed by atoms with Gasteiger partial charge in [0.25, 0.3) is 5.91 Å². The maximum atomic E-state index is 11.8. The van der Waals surface area contributed by atoms with Crippen LogP contribution in [0.4, 0.5) is 0 Å². The molecule has 1 fully saturated rings. The Morgan fingerprint density at radius 2 is 2.41 bits per heavy atom.